The van der Waals surface area contributed by atoms with E-state index in [9.17, 15) is 22.4 Å². The second kappa shape index (κ2) is 19.6. The number of aromatic nitrogens is 1. The maximum atomic E-state index is 14.1. The number of carbonyl (C=O) groups excluding carboxylic acids is 1. The van der Waals surface area contributed by atoms with Gasteiger partial charge in [-0.2, -0.15) is 8.78 Å². The maximum absolute atomic E-state index is 14.1. The van der Waals surface area contributed by atoms with Gasteiger partial charge in [0.25, 0.3) is 0 Å². The van der Waals surface area contributed by atoms with E-state index in [-0.39, 0.29) is 17.0 Å². The van der Waals surface area contributed by atoms with Crippen LogP contribution in [0.4, 0.5) is 17.6 Å². The summed E-state index contributed by atoms with van der Waals surface area (Å²) >= 11 is 0. The molecule has 0 aliphatic heterocycles. The summed E-state index contributed by atoms with van der Waals surface area (Å²) in [5, 5.41) is 11.8. The molecule has 324 valence electrons. The zero-order chi connectivity index (χ0) is 44.7. The zero-order valence-corrected chi connectivity index (χ0v) is 35.9. The lowest BCUT2D eigenvalue weighted by Gasteiger charge is -2.20. The molecule has 6 nitrogen and oxygen atoms in total. The molecule has 0 spiro atoms. The molecule has 1 unspecified atom stereocenters. The Balaban J connectivity index is 1.45. The molecule has 1 heterocycles. The van der Waals surface area contributed by atoms with Gasteiger partial charge in [0, 0.05) is 63.2 Å². The van der Waals surface area contributed by atoms with Gasteiger partial charge in [0.05, 0.1) is 5.52 Å². The lowest BCUT2D eigenvalue weighted by atomic mass is 9.95. The van der Waals surface area contributed by atoms with E-state index in [1.165, 1.54) is 19.1 Å². The van der Waals surface area contributed by atoms with Crippen molar-refractivity contribution in [1.82, 2.24) is 9.88 Å². The molecule has 0 bridgehead atoms. The van der Waals surface area contributed by atoms with Crippen LogP contribution in [0.3, 0.4) is 0 Å². The summed E-state index contributed by atoms with van der Waals surface area (Å²) in [4.78, 5) is 17.4. The van der Waals surface area contributed by atoms with Crippen molar-refractivity contribution in [3.8, 4) is 5.75 Å². The number of rotatable bonds is 18. The summed E-state index contributed by atoms with van der Waals surface area (Å²) in [6, 6.07) is 42.8. The number of hydrogen-bond acceptors (Lipinski definition) is 5. The number of ether oxygens (including phenoxy) is 1. The van der Waals surface area contributed by atoms with E-state index in [1.807, 2.05) is 66.7 Å². The summed E-state index contributed by atoms with van der Waals surface area (Å²) in [7, 11) is 0. The van der Waals surface area contributed by atoms with Crippen molar-refractivity contribution in [2.75, 3.05) is 6.61 Å². The van der Waals surface area contributed by atoms with Gasteiger partial charge in [-0.1, -0.05) is 148 Å². The average Bonchev–Trinajstić information content (AvgIpc) is 3.61. The topological polar surface area (TPSA) is 64.8 Å². The highest BCUT2D eigenvalue weighted by Gasteiger charge is 2.42. The smallest absolute Gasteiger partial charge is 0.340 e. The third-order valence-corrected chi connectivity index (χ3v) is 11.5. The molecule has 63 heavy (non-hydrogen) atoms. The van der Waals surface area contributed by atoms with Crippen molar-refractivity contribution in [1.29, 1.82) is 0 Å². The number of nitrogens with one attached hydrogen (secondary N) is 1. The highest BCUT2D eigenvalue weighted by molar-refractivity contribution is 6.22. The van der Waals surface area contributed by atoms with Crippen LogP contribution in [-0.4, -0.2) is 35.2 Å². The van der Waals surface area contributed by atoms with E-state index in [0.29, 0.717) is 17.2 Å². The zero-order valence-electron chi connectivity index (χ0n) is 35.9. The molecule has 1 N–H and O–H groups in total. The first-order valence-corrected chi connectivity index (χ1v) is 21.3. The number of halogens is 4. The van der Waals surface area contributed by atoms with Crippen LogP contribution >= 0.6 is 0 Å². The fourth-order valence-corrected chi connectivity index (χ4v) is 8.16. The first-order chi connectivity index (χ1) is 30.4. The van der Waals surface area contributed by atoms with Crippen LogP contribution in [0.2, 0.25) is 0 Å². The standard InChI is InChI=1S/C53H51F4N3O3/c1-6-8-19-37(7-2)32-60-47-29-28-40(50(59-63-36(5)61)43-26-17-18-27-48(43)62-33-53(56,57)52(54)55)30-45(47)46-31-44(41-24-15-16-25-42(41)51(46)60)35(4)58-49(39-22-13-10-14-23-39)34(3)38-20-11-9-12-21-38/h9-18,20-31,37,52,58H,4,6-8,19,32-33H2,1-3,5H3/b49-34+,59-50+. The van der Waals surface area contributed by atoms with Crippen molar-refractivity contribution >= 4 is 61.2 Å². The molecule has 0 fully saturated rings. The molecule has 1 atom stereocenters. The summed E-state index contributed by atoms with van der Waals surface area (Å²) in [5.74, 6) is -4.84. The number of carbonyl (C=O) groups is 1. The van der Waals surface area contributed by atoms with E-state index in [0.717, 1.165) is 92.8 Å². The first kappa shape index (κ1) is 44.4. The molecule has 0 saturated heterocycles. The molecule has 10 heteroatoms. The minimum atomic E-state index is -4.40. The number of nitrogens with zero attached hydrogens (tertiary/aromatic N) is 2. The second-order valence-electron chi connectivity index (χ2n) is 15.8. The molecule has 7 rings (SSSR count). The van der Waals surface area contributed by atoms with Crippen LogP contribution in [0.5, 0.6) is 5.75 Å². The number of allylic oxidation sites excluding steroid dienone is 1. The molecule has 0 radical (unpaired) electrons. The Morgan fingerprint density at radius 2 is 1.41 bits per heavy atom. The van der Waals surface area contributed by atoms with Crippen LogP contribution in [-0.2, 0) is 16.2 Å². The van der Waals surface area contributed by atoms with Gasteiger partial charge in [-0.3, -0.25) is 0 Å². The minimum Gasteiger partial charge on any atom is -0.486 e. The molecule has 1 aromatic heterocycles. The Morgan fingerprint density at radius 3 is 2.08 bits per heavy atom. The highest BCUT2D eigenvalue weighted by atomic mass is 19.3. The monoisotopic (exact) mass is 853 g/mol. The van der Waals surface area contributed by atoms with Crippen LogP contribution in [0.25, 0.3) is 49.5 Å². The predicted molar refractivity (Wildman–Crippen MR) is 248 cm³/mol. The lowest BCUT2D eigenvalue weighted by molar-refractivity contribution is -0.148. The van der Waals surface area contributed by atoms with E-state index in [1.54, 1.807) is 12.1 Å². The molecular formula is C53H51F4N3O3. The molecule has 0 saturated carbocycles. The normalized spacial score (nSPS) is 13.1. The number of benzene rings is 6. The Labute approximate surface area is 365 Å². The number of alkyl halides is 4. The van der Waals surface area contributed by atoms with Crippen molar-refractivity contribution in [2.45, 2.75) is 72.3 Å². The van der Waals surface area contributed by atoms with Gasteiger partial charge in [-0.15, -0.1) is 0 Å². The fourth-order valence-electron chi connectivity index (χ4n) is 8.16. The Bertz CT molecular complexity index is 2810. The average molecular weight is 854 g/mol. The van der Waals surface area contributed by atoms with Crippen molar-refractivity contribution < 1.29 is 31.9 Å². The number of para-hydroxylation sites is 1. The predicted octanol–water partition coefficient (Wildman–Crippen LogP) is 13.9. The van der Waals surface area contributed by atoms with E-state index < -0.39 is 24.9 Å². The molecule has 0 aliphatic rings. The van der Waals surface area contributed by atoms with Gasteiger partial charge in [0.2, 0.25) is 0 Å². The maximum Gasteiger partial charge on any atom is 0.340 e. The van der Waals surface area contributed by atoms with E-state index in [2.05, 4.69) is 84.9 Å². The third-order valence-electron chi connectivity index (χ3n) is 11.5. The highest BCUT2D eigenvalue weighted by Crippen LogP contribution is 2.40. The largest absolute Gasteiger partial charge is 0.486 e. The number of fused-ring (bicyclic) bond motifs is 5. The van der Waals surface area contributed by atoms with E-state index >= 15 is 0 Å². The molecule has 7 aromatic rings. The van der Waals surface area contributed by atoms with Crippen molar-refractivity contribution in [3.05, 3.63) is 168 Å². The fraction of sp³-hybridized carbons (Fsp3) is 0.245. The Morgan fingerprint density at radius 1 is 0.762 bits per heavy atom. The summed E-state index contributed by atoms with van der Waals surface area (Å²) in [6.07, 6.45) is 0.336. The molecular weight excluding hydrogens is 803 g/mol. The lowest BCUT2D eigenvalue weighted by Crippen LogP contribution is -2.34. The van der Waals surface area contributed by atoms with Crippen LogP contribution in [0, 0.1) is 5.92 Å². The number of unbranched alkanes of at least 4 members (excludes halogenated alkanes) is 1. The van der Waals surface area contributed by atoms with Gasteiger partial charge in [0.15, 0.2) is 6.61 Å². The second-order valence-corrected chi connectivity index (χ2v) is 15.8. The van der Waals surface area contributed by atoms with E-state index in [4.69, 9.17) is 9.57 Å². The summed E-state index contributed by atoms with van der Waals surface area (Å²) in [5.41, 5.74) is 8.39. The SMILES string of the molecule is C=C(N/C(=C(\C)c1ccccc1)c1ccccc1)c1cc2c3cc(/C(=N\OC(C)=O)c4ccccc4OCC(F)(F)C(F)F)ccc3n(CC(CC)CCCC)c2c2ccccc12. The quantitative estimate of drug-likeness (QED) is 0.0307. The van der Waals surface area contributed by atoms with Crippen molar-refractivity contribution in [2.24, 2.45) is 11.1 Å². The number of oxime groups is 1. The van der Waals surface area contributed by atoms with Gasteiger partial charge in [-0.25, -0.2) is 13.6 Å². The first-order valence-electron chi connectivity index (χ1n) is 21.3. The van der Waals surface area contributed by atoms with Gasteiger partial charge in [-0.05, 0) is 71.7 Å². The summed E-state index contributed by atoms with van der Waals surface area (Å²) < 4.78 is 62.4. The summed E-state index contributed by atoms with van der Waals surface area (Å²) in [6.45, 7) is 11.6. The minimum absolute atomic E-state index is 0.0967. The van der Waals surface area contributed by atoms with Gasteiger partial charge >= 0.3 is 18.3 Å². The molecule has 0 aliphatic carbocycles. The van der Waals surface area contributed by atoms with Crippen molar-refractivity contribution in [3.63, 3.8) is 0 Å². The van der Waals surface area contributed by atoms with Crippen LogP contribution in [0.1, 0.15) is 81.2 Å². The molecule has 6 aromatic carbocycles. The Kier molecular flexibility index (Phi) is 13.8. The molecule has 0 amide bonds. The van der Waals surface area contributed by atoms with Crippen LogP contribution in [0.15, 0.2) is 145 Å². The van der Waals surface area contributed by atoms with Gasteiger partial charge < -0.3 is 19.5 Å². The van der Waals surface area contributed by atoms with Crippen LogP contribution < -0.4 is 10.1 Å². The third kappa shape index (κ3) is 9.70. The Hall–Kier alpha value is -6.68. The number of hydrogen-bond donors (Lipinski definition) is 1. The van der Waals surface area contributed by atoms with Gasteiger partial charge in [0.1, 0.15) is 11.5 Å².